The zero-order chi connectivity index (χ0) is 10.0. The summed E-state index contributed by atoms with van der Waals surface area (Å²) in [5.74, 6) is -0.461. The maximum Gasteiger partial charge on any atom is 0.146 e. The van der Waals surface area contributed by atoms with Crippen LogP contribution in [0.5, 0.6) is 0 Å². The van der Waals surface area contributed by atoms with Gasteiger partial charge >= 0.3 is 0 Å². The van der Waals surface area contributed by atoms with Gasteiger partial charge in [0.05, 0.1) is 11.1 Å². The fourth-order valence-electron chi connectivity index (χ4n) is 1.05. The maximum absolute atomic E-state index is 13.3. The van der Waals surface area contributed by atoms with Crippen molar-refractivity contribution in [3.05, 3.63) is 33.0 Å². The summed E-state index contributed by atoms with van der Waals surface area (Å²) in [5.41, 5.74) is 0.419. The molecule has 1 nitrogen and oxygen atoms in total. The highest BCUT2D eigenvalue weighted by atomic mass is 79.9. The summed E-state index contributed by atoms with van der Waals surface area (Å²) in [5, 5.41) is 9.20. The van der Waals surface area contributed by atoms with Crippen LogP contribution in [0.15, 0.2) is 16.6 Å². The highest BCUT2D eigenvalue weighted by molar-refractivity contribution is 9.10. The van der Waals surface area contributed by atoms with Crippen molar-refractivity contribution in [1.82, 2.24) is 0 Å². The van der Waals surface area contributed by atoms with E-state index < -0.39 is 11.9 Å². The first-order chi connectivity index (χ1) is 6.02. The van der Waals surface area contributed by atoms with Crippen molar-refractivity contribution in [3.8, 4) is 0 Å². The first-order valence-corrected chi connectivity index (χ1v) is 5.00. The van der Waals surface area contributed by atoms with Gasteiger partial charge in [-0.3, -0.25) is 0 Å². The van der Waals surface area contributed by atoms with E-state index in [1.807, 2.05) is 0 Å². The molecule has 0 bridgehead atoms. The van der Waals surface area contributed by atoms with E-state index in [-0.39, 0.29) is 11.4 Å². The van der Waals surface area contributed by atoms with Crippen LogP contribution in [-0.4, -0.2) is 11.2 Å². The number of aliphatic hydroxyl groups is 1. The van der Waals surface area contributed by atoms with E-state index in [0.717, 1.165) is 0 Å². The van der Waals surface area contributed by atoms with E-state index in [2.05, 4.69) is 15.9 Å². The van der Waals surface area contributed by atoms with Gasteiger partial charge in [-0.05, 0) is 19.1 Å². The van der Waals surface area contributed by atoms with Crippen molar-refractivity contribution in [2.45, 2.75) is 19.4 Å². The Labute approximate surface area is 89.7 Å². The second-order valence-electron chi connectivity index (χ2n) is 2.87. The summed E-state index contributed by atoms with van der Waals surface area (Å²) >= 11 is 8.79. The normalized spacial score (nSPS) is 13.0. The van der Waals surface area contributed by atoms with E-state index in [1.165, 1.54) is 6.07 Å². The standard InChI is InChI=1S/C9H9BrClFO/c1-5(13)4-6-7(10)2-3-8(11)9(6)12/h2-3,5,13H,4H2,1H3/t5-/m0/s1. The van der Waals surface area contributed by atoms with Crippen LogP contribution >= 0.6 is 27.5 Å². The Balaban J connectivity index is 3.10. The van der Waals surface area contributed by atoms with Crippen molar-refractivity contribution < 1.29 is 9.50 Å². The van der Waals surface area contributed by atoms with Gasteiger partial charge in [0.2, 0.25) is 0 Å². The lowest BCUT2D eigenvalue weighted by Crippen LogP contribution is -2.07. The van der Waals surface area contributed by atoms with Crippen LogP contribution in [0.4, 0.5) is 4.39 Å². The molecule has 1 atom stereocenters. The highest BCUT2D eigenvalue weighted by Crippen LogP contribution is 2.26. The molecule has 0 aliphatic rings. The van der Waals surface area contributed by atoms with E-state index in [9.17, 15) is 4.39 Å². The molecule has 4 heteroatoms. The van der Waals surface area contributed by atoms with Crippen LogP contribution in [0.1, 0.15) is 12.5 Å². The van der Waals surface area contributed by atoms with Gasteiger partial charge in [-0.25, -0.2) is 4.39 Å². The molecule has 0 heterocycles. The summed E-state index contributed by atoms with van der Waals surface area (Å²) < 4.78 is 14.0. The molecule has 0 radical (unpaired) electrons. The van der Waals surface area contributed by atoms with Crippen molar-refractivity contribution in [1.29, 1.82) is 0 Å². The Morgan fingerprint density at radius 3 is 2.77 bits per heavy atom. The second-order valence-corrected chi connectivity index (χ2v) is 4.14. The first-order valence-electron chi connectivity index (χ1n) is 3.82. The van der Waals surface area contributed by atoms with Gasteiger partial charge in [-0.1, -0.05) is 27.5 Å². The van der Waals surface area contributed by atoms with E-state index >= 15 is 0 Å². The highest BCUT2D eigenvalue weighted by Gasteiger charge is 2.12. The summed E-state index contributed by atoms with van der Waals surface area (Å²) in [6.45, 7) is 1.60. The minimum Gasteiger partial charge on any atom is -0.393 e. The Kier molecular flexibility index (Phi) is 3.71. The molecule has 1 aromatic rings. The number of aliphatic hydroxyl groups excluding tert-OH is 1. The van der Waals surface area contributed by atoms with Crippen LogP contribution in [0.3, 0.4) is 0 Å². The molecular formula is C9H9BrClFO. The molecule has 0 aliphatic carbocycles. The fourth-order valence-corrected chi connectivity index (χ4v) is 1.70. The van der Waals surface area contributed by atoms with Crippen molar-refractivity contribution in [2.24, 2.45) is 0 Å². The van der Waals surface area contributed by atoms with E-state index in [0.29, 0.717) is 10.0 Å². The maximum atomic E-state index is 13.3. The molecule has 0 fully saturated rings. The number of benzene rings is 1. The Morgan fingerprint density at radius 1 is 1.62 bits per heavy atom. The van der Waals surface area contributed by atoms with Crippen LogP contribution in [-0.2, 0) is 6.42 Å². The molecule has 0 saturated carbocycles. The first kappa shape index (κ1) is 11.0. The van der Waals surface area contributed by atoms with Crippen molar-refractivity contribution in [3.63, 3.8) is 0 Å². The van der Waals surface area contributed by atoms with Gasteiger partial charge in [0, 0.05) is 16.5 Å². The lowest BCUT2D eigenvalue weighted by molar-refractivity contribution is 0.194. The molecule has 72 valence electrons. The summed E-state index contributed by atoms with van der Waals surface area (Å²) in [6, 6.07) is 3.15. The molecule has 1 rings (SSSR count). The van der Waals surface area contributed by atoms with Gasteiger partial charge in [-0.2, -0.15) is 0 Å². The zero-order valence-corrected chi connectivity index (χ0v) is 9.36. The van der Waals surface area contributed by atoms with Crippen molar-refractivity contribution >= 4 is 27.5 Å². The fraction of sp³-hybridized carbons (Fsp3) is 0.333. The van der Waals surface area contributed by atoms with Gasteiger partial charge in [0.1, 0.15) is 5.82 Å². The average Bonchev–Trinajstić information content (AvgIpc) is 2.05. The Morgan fingerprint density at radius 2 is 2.23 bits per heavy atom. The zero-order valence-electron chi connectivity index (χ0n) is 7.02. The monoisotopic (exact) mass is 266 g/mol. The molecule has 1 aromatic carbocycles. The molecule has 0 aromatic heterocycles. The molecule has 0 unspecified atom stereocenters. The minimum atomic E-state index is -0.579. The predicted octanol–water partition coefficient (Wildman–Crippen LogP) is 3.16. The lowest BCUT2D eigenvalue weighted by atomic mass is 10.1. The molecule has 0 aliphatic heterocycles. The molecular weight excluding hydrogens is 258 g/mol. The molecule has 1 N–H and O–H groups in total. The third kappa shape index (κ3) is 2.66. The van der Waals surface area contributed by atoms with Crippen LogP contribution in [0.2, 0.25) is 5.02 Å². The Bertz CT molecular complexity index is 315. The second kappa shape index (κ2) is 4.40. The van der Waals surface area contributed by atoms with Crippen molar-refractivity contribution in [2.75, 3.05) is 0 Å². The van der Waals surface area contributed by atoms with Crippen LogP contribution < -0.4 is 0 Å². The van der Waals surface area contributed by atoms with E-state index in [4.69, 9.17) is 16.7 Å². The molecule has 0 saturated heterocycles. The lowest BCUT2D eigenvalue weighted by Gasteiger charge is -2.08. The topological polar surface area (TPSA) is 20.2 Å². The number of halogens is 3. The quantitative estimate of drug-likeness (QED) is 0.816. The third-order valence-electron chi connectivity index (χ3n) is 1.64. The Hall–Kier alpha value is -0.120. The van der Waals surface area contributed by atoms with Crippen LogP contribution in [0, 0.1) is 5.82 Å². The van der Waals surface area contributed by atoms with Gasteiger partial charge in [0.25, 0.3) is 0 Å². The third-order valence-corrected chi connectivity index (χ3v) is 2.67. The molecule has 0 amide bonds. The van der Waals surface area contributed by atoms with Crippen LogP contribution in [0.25, 0.3) is 0 Å². The SMILES string of the molecule is C[C@H](O)Cc1c(Br)ccc(Cl)c1F. The van der Waals surface area contributed by atoms with Gasteiger partial charge in [0.15, 0.2) is 0 Å². The largest absolute Gasteiger partial charge is 0.393 e. The van der Waals surface area contributed by atoms with E-state index in [1.54, 1.807) is 13.0 Å². The molecule has 0 spiro atoms. The average molecular weight is 268 g/mol. The number of hydrogen-bond acceptors (Lipinski definition) is 1. The summed E-state index contributed by atoms with van der Waals surface area (Å²) in [6.07, 6.45) is -0.322. The summed E-state index contributed by atoms with van der Waals surface area (Å²) in [7, 11) is 0. The van der Waals surface area contributed by atoms with Gasteiger partial charge in [-0.15, -0.1) is 0 Å². The predicted molar refractivity (Wildman–Crippen MR) is 54.5 cm³/mol. The van der Waals surface area contributed by atoms with Gasteiger partial charge < -0.3 is 5.11 Å². The minimum absolute atomic E-state index is 0.0823. The number of rotatable bonds is 2. The summed E-state index contributed by atoms with van der Waals surface area (Å²) in [4.78, 5) is 0. The number of hydrogen-bond donors (Lipinski definition) is 1. The molecule has 13 heavy (non-hydrogen) atoms. The smallest absolute Gasteiger partial charge is 0.146 e.